The smallest absolute Gasteiger partial charge is 0.305 e. The molecule has 228 valence electrons. The van der Waals surface area contributed by atoms with Gasteiger partial charge < -0.3 is 29.5 Å². The zero-order valence-electron chi connectivity index (χ0n) is 25.0. The lowest BCUT2D eigenvalue weighted by Crippen LogP contribution is -2.35. The Balaban J connectivity index is 1.60. The molecule has 4 aromatic carbocycles. The van der Waals surface area contributed by atoms with E-state index in [0.29, 0.717) is 46.7 Å². The van der Waals surface area contributed by atoms with Gasteiger partial charge in [-0.05, 0) is 65.1 Å². The summed E-state index contributed by atoms with van der Waals surface area (Å²) < 4.78 is 15.9. The zero-order valence-corrected chi connectivity index (χ0v) is 25.0. The molecule has 0 atom stereocenters. The first-order valence-corrected chi connectivity index (χ1v) is 14.2. The van der Waals surface area contributed by atoms with E-state index in [1.807, 2.05) is 48.5 Å². The SMILES string of the molecule is COc1ccc(CNC(=O)c2ccccc2-c2ccccc2C(=O)N(CCC(=O)O)CCc2cc(OC)cc(OC)c2)cc1. The molecule has 0 aliphatic heterocycles. The molecule has 0 radical (unpaired) electrons. The Bertz CT molecular complexity index is 1580. The van der Waals surface area contributed by atoms with Crippen molar-refractivity contribution >= 4 is 17.8 Å². The second kappa shape index (κ2) is 15.2. The number of amides is 2. The van der Waals surface area contributed by atoms with Gasteiger partial charge in [-0.1, -0.05) is 48.5 Å². The maximum Gasteiger partial charge on any atom is 0.305 e. The van der Waals surface area contributed by atoms with E-state index in [2.05, 4.69) is 5.32 Å². The molecule has 4 aromatic rings. The largest absolute Gasteiger partial charge is 0.497 e. The predicted molar refractivity (Wildman–Crippen MR) is 167 cm³/mol. The fourth-order valence-electron chi connectivity index (χ4n) is 4.83. The van der Waals surface area contributed by atoms with Crippen molar-refractivity contribution in [3.05, 3.63) is 113 Å². The predicted octanol–water partition coefficient (Wildman–Crippen LogP) is 5.47. The van der Waals surface area contributed by atoms with Crippen LogP contribution in [0.1, 0.15) is 38.3 Å². The van der Waals surface area contributed by atoms with Crippen molar-refractivity contribution in [2.24, 2.45) is 0 Å². The highest BCUT2D eigenvalue weighted by atomic mass is 16.5. The summed E-state index contributed by atoms with van der Waals surface area (Å²) >= 11 is 0. The van der Waals surface area contributed by atoms with Crippen molar-refractivity contribution in [2.45, 2.75) is 19.4 Å². The number of rotatable bonds is 14. The molecule has 4 rings (SSSR count). The third kappa shape index (κ3) is 8.16. The molecule has 0 saturated heterocycles. The van der Waals surface area contributed by atoms with Crippen LogP contribution >= 0.6 is 0 Å². The molecule has 0 unspecified atom stereocenters. The van der Waals surface area contributed by atoms with Gasteiger partial charge in [0, 0.05) is 36.8 Å². The van der Waals surface area contributed by atoms with Gasteiger partial charge in [0.15, 0.2) is 0 Å². The van der Waals surface area contributed by atoms with Gasteiger partial charge in [0.1, 0.15) is 17.2 Å². The van der Waals surface area contributed by atoms with Crippen molar-refractivity contribution in [3.63, 3.8) is 0 Å². The summed E-state index contributed by atoms with van der Waals surface area (Å²) in [7, 11) is 4.73. The second-order valence-electron chi connectivity index (χ2n) is 10.0. The van der Waals surface area contributed by atoms with Crippen LogP contribution in [0.3, 0.4) is 0 Å². The van der Waals surface area contributed by atoms with Crippen molar-refractivity contribution in [1.82, 2.24) is 10.2 Å². The van der Waals surface area contributed by atoms with Crippen LogP contribution in [0, 0.1) is 0 Å². The van der Waals surface area contributed by atoms with E-state index in [1.54, 1.807) is 63.8 Å². The van der Waals surface area contributed by atoms with Crippen molar-refractivity contribution in [3.8, 4) is 28.4 Å². The number of carboxylic acid groups (broad SMARTS) is 1. The fraction of sp³-hybridized carbons (Fsp3) is 0.229. The minimum Gasteiger partial charge on any atom is -0.497 e. The van der Waals surface area contributed by atoms with Crippen LogP contribution in [0.4, 0.5) is 0 Å². The van der Waals surface area contributed by atoms with Gasteiger partial charge in [0.25, 0.3) is 11.8 Å². The van der Waals surface area contributed by atoms with E-state index in [4.69, 9.17) is 14.2 Å². The minimum absolute atomic E-state index is 0.0214. The number of ether oxygens (including phenoxy) is 3. The lowest BCUT2D eigenvalue weighted by Gasteiger charge is -2.24. The highest BCUT2D eigenvalue weighted by Crippen LogP contribution is 2.29. The van der Waals surface area contributed by atoms with E-state index in [1.165, 1.54) is 4.90 Å². The number of methoxy groups -OCH3 is 3. The van der Waals surface area contributed by atoms with Gasteiger partial charge in [0.05, 0.1) is 27.8 Å². The van der Waals surface area contributed by atoms with E-state index >= 15 is 0 Å². The number of carboxylic acids is 1. The molecular formula is C35H36N2O7. The van der Waals surface area contributed by atoms with Crippen LogP contribution in [-0.2, 0) is 17.8 Å². The lowest BCUT2D eigenvalue weighted by molar-refractivity contribution is -0.137. The topological polar surface area (TPSA) is 114 Å². The van der Waals surface area contributed by atoms with Gasteiger partial charge in [0.2, 0.25) is 0 Å². The Kier molecular flexibility index (Phi) is 11.0. The summed E-state index contributed by atoms with van der Waals surface area (Å²) in [6, 6.07) is 27.1. The minimum atomic E-state index is -1.00. The van der Waals surface area contributed by atoms with Crippen LogP contribution in [-0.4, -0.2) is 62.2 Å². The molecule has 44 heavy (non-hydrogen) atoms. The molecule has 9 heteroatoms. The average Bonchev–Trinajstić information content (AvgIpc) is 3.06. The van der Waals surface area contributed by atoms with Crippen molar-refractivity contribution in [2.75, 3.05) is 34.4 Å². The molecule has 0 aliphatic rings. The number of carbonyl (C=O) groups is 3. The van der Waals surface area contributed by atoms with Gasteiger partial charge in [-0.2, -0.15) is 0 Å². The lowest BCUT2D eigenvalue weighted by atomic mass is 9.94. The highest BCUT2D eigenvalue weighted by Gasteiger charge is 2.23. The Morgan fingerprint density at radius 1 is 0.682 bits per heavy atom. The van der Waals surface area contributed by atoms with Crippen LogP contribution in [0.15, 0.2) is 91.0 Å². The number of benzene rings is 4. The van der Waals surface area contributed by atoms with Crippen LogP contribution in [0.25, 0.3) is 11.1 Å². The molecule has 0 bridgehead atoms. The molecule has 0 heterocycles. The number of carbonyl (C=O) groups excluding carboxylic acids is 2. The second-order valence-corrected chi connectivity index (χ2v) is 10.0. The molecule has 9 nitrogen and oxygen atoms in total. The zero-order chi connectivity index (χ0) is 31.5. The first-order chi connectivity index (χ1) is 21.3. The third-order valence-corrected chi connectivity index (χ3v) is 7.20. The van der Waals surface area contributed by atoms with E-state index in [0.717, 1.165) is 16.9 Å². The summed E-state index contributed by atoms with van der Waals surface area (Å²) in [4.78, 5) is 40.4. The number of hydrogen-bond donors (Lipinski definition) is 2. The summed E-state index contributed by atoms with van der Waals surface area (Å²) in [5.74, 6) is 0.355. The normalized spacial score (nSPS) is 10.5. The Labute approximate surface area is 257 Å². The molecule has 0 fully saturated rings. The highest BCUT2D eigenvalue weighted by molar-refractivity contribution is 6.06. The first kappa shape index (κ1) is 31.6. The number of nitrogens with one attached hydrogen (secondary N) is 1. The maximum atomic E-state index is 14.0. The van der Waals surface area contributed by atoms with Gasteiger partial charge >= 0.3 is 5.97 Å². The average molecular weight is 597 g/mol. The summed E-state index contributed by atoms with van der Waals surface area (Å²) in [5, 5.41) is 12.4. The Hall–Kier alpha value is -5.31. The molecule has 0 saturated carbocycles. The molecular weight excluding hydrogens is 560 g/mol. The van der Waals surface area contributed by atoms with Gasteiger partial charge in [-0.25, -0.2) is 0 Å². The van der Waals surface area contributed by atoms with Crippen LogP contribution in [0.2, 0.25) is 0 Å². The number of aliphatic carboxylic acids is 1. The Morgan fingerprint density at radius 3 is 1.84 bits per heavy atom. The first-order valence-electron chi connectivity index (χ1n) is 14.2. The molecule has 0 aromatic heterocycles. The monoisotopic (exact) mass is 596 g/mol. The Morgan fingerprint density at radius 2 is 1.25 bits per heavy atom. The number of hydrogen-bond acceptors (Lipinski definition) is 6. The quantitative estimate of drug-likeness (QED) is 0.198. The molecule has 2 amide bonds. The van der Waals surface area contributed by atoms with E-state index in [9.17, 15) is 19.5 Å². The van der Waals surface area contributed by atoms with Gasteiger partial charge in [-0.15, -0.1) is 0 Å². The molecule has 0 aliphatic carbocycles. The summed E-state index contributed by atoms with van der Waals surface area (Å²) in [6.45, 7) is 0.601. The van der Waals surface area contributed by atoms with Crippen molar-refractivity contribution < 1.29 is 33.7 Å². The van der Waals surface area contributed by atoms with Crippen molar-refractivity contribution in [1.29, 1.82) is 0 Å². The molecule has 2 N–H and O–H groups in total. The molecule has 0 spiro atoms. The van der Waals surface area contributed by atoms with Gasteiger partial charge in [-0.3, -0.25) is 14.4 Å². The van der Waals surface area contributed by atoms with Crippen LogP contribution in [0.5, 0.6) is 17.2 Å². The van der Waals surface area contributed by atoms with E-state index < -0.39 is 5.97 Å². The third-order valence-electron chi connectivity index (χ3n) is 7.20. The summed E-state index contributed by atoms with van der Waals surface area (Å²) in [5.41, 5.74) is 3.75. The van der Waals surface area contributed by atoms with Crippen LogP contribution < -0.4 is 19.5 Å². The van der Waals surface area contributed by atoms with E-state index in [-0.39, 0.29) is 31.3 Å². The standard InChI is InChI=1S/C35H36N2O7/c1-42-26-14-12-24(13-15-26)23-36-34(40)31-10-6-4-8-29(31)30-9-5-7-11-32(30)35(41)37(19-17-33(38)39)18-16-25-20-27(43-2)22-28(21-25)44-3/h4-15,20-22H,16-19,23H2,1-3H3,(H,36,40)(H,38,39). The number of nitrogens with zero attached hydrogens (tertiary/aromatic N) is 1. The maximum absolute atomic E-state index is 14.0. The fourth-order valence-corrected chi connectivity index (χ4v) is 4.83. The summed E-state index contributed by atoms with van der Waals surface area (Å²) in [6.07, 6.45) is 0.241.